The van der Waals surface area contributed by atoms with Crippen molar-refractivity contribution < 1.29 is 4.79 Å². The number of carbonyl (C=O) groups is 1. The number of benzene rings is 1. The van der Waals surface area contributed by atoms with E-state index in [4.69, 9.17) is 11.6 Å². The third-order valence-corrected chi connectivity index (χ3v) is 3.87. The van der Waals surface area contributed by atoms with Crippen LogP contribution < -0.4 is 4.90 Å². The van der Waals surface area contributed by atoms with Crippen molar-refractivity contribution in [3.8, 4) is 0 Å². The molecule has 2 rings (SSSR count). The molecule has 0 amide bonds. The van der Waals surface area contributed by atoms with E-state index in [0.29, 0.717) is 10.6 Å². The molecule has 1 atom stereocenters. The van der Waals surface area contributed by atoms with Crippen molar-refractivity contribution >= 4 is 23.7 Å². The van der Waals surface area contributed by atoms with E-state index in [0.717, 1.165) is 23.4 Å². The van der Waals surface area contributed by atoms with Crippen LogP contribution in [0.1, 0.15) is 34.6 Å². The average Bonchev–Trinajstić information content (AvgIpc) is 2.72. The van der Waals surface area contributed by atoms with Gasteiger partial charge in [0.1, 0.15) is 5.82 Å². The summed E-state index contributed by atoms with van der Waals surface area (Å²) in [5.41, 5.74) is 2.51. The Hall–Kier alpha value is -1.81. The van der Waals surface area contributed by atoms with E-state index in [-0.39, 0.29) is 6.04 Å². The van der Waals surface area contributed by atoms with Gasteiger partial charge in [-0.2, -0.15) is 5.10 Å². The molecule has 106 valence electrons. The van der Waals surface area contributed by atoms with Crippen LogP contribution in [0.25, 0.3) is 0 Å². The van der Waals surface area contributed by atoms with Crippen molar-refractivity contribution in [3.05, 3.63) is 46.1 Å². The van der Waals surface area contributed by atoms with Crippen LogP contribution in [-0.4, -0.2) is 23.1 Å². The van der Waals surface area contributed by atoms with Crippen LogP contribution >= 0.6 is 11.6 Å². The standard InChI is InChI=1S/C15H18ClN3O/c1-10-14(9-20)15(19(4)17-10)18(3)11(2)12-5-7-13(16)8-6-12/h5-9,11H,1-4H3. The highest BCUT2D eigenvalue weighted by Gasteiger charge is 2.21. The Balaban J connectivity index is 2.38. The molecule has 0 aliphatic rings. The predicted molar refractivity (Wildman–Crippen MR) is 81.6 cm³/mol. The highest BCUT2D eigenvalue weighted by atomic mass is 35.5. The molecule has 2 aromatic rings. The number of nitrogens with zero attached hydrogens (tertiary/aromatic N) is 3. The Labute approximate surface area is 124 Å². The van der Waals surface area contributed by atoms with Crippen LogP contribution in [0.3, 0.4) is 0 Å². The van der Waals surface area contributed by atoms with Gasteiger partial charge >= 0.3 is 0 Å². The van der Waals surface area contributed by atoms with Gasteiger partial charge in [0.25, 0.3) is 0 Å². The fourth-order valence-corrected chi connectivity index (χ4v) is 2.49. The highest BCUT2D eigenvalue weighted by Crippen LogP contribution is 2.29. The largest absolute Gasteiger partial charge is 0.353 e. The lowest BCUT2D eigenvalue weighted by molar-refractivity contribution is 0.112. The first-order valence-corrected chi connectivity index (χ1v) is 6.80. The van der Waals surface area contributed by atoms with Gasteiger partial charge in [-0.1, -0.05) is 23.7 Å². The third kappa shape index (κ3) is 2.56. The number of aryl methyl sites for hydroxylation is 2. The second-order valence-electron chi connectivity index (χ2n) is 4.90. The molecule has 0 N–H and O–H groups in total. The fraction of sp³-hybridized carbons (Fsp3) is 0.333. The molecule has 5 heteroatoms. The SMILES string of the molecule is Cc1nn(C)c(N(C)C(C)c2ccc(Cl)cc2)c1C=O. The summed E-state index contributed by atoms with van der Waals surface area (Å²) in [4.78, 5) is 13.3. The number of halogens is 1. The van der Waals surface area contributed by atoms with Gasteiger partial charge in [-0.3, -0.25) is 9.48 Å². The minimum Gasteiger partial charge on any atom is -0.353 e. The molecule has 0 radical (unpaired) electrons. The molecular formula is C15H18ClN3O. The summed E-state index contributed by atoms with van der Waals surface area (Å²) < 4.78 is 1.74. The van der Waals surface area contributed by atoms with E-state index in [9.17, 15) is 4.79 Å². The van der Waals surface area contributed by atoms with Crippen molar-refractivity contribution in [2.24, 2.45) is 7.05 Å². The summed E-state index contributed by atoms with van der Waals surface area (Å²) >= 11 is 5.92. The maximum atomic E-state index is 11.3. The quantitative estimate of drug-likeness (QED) is 0.811. The second-order valence-corrected chi connectivity index (χ2v) is 5.34. The van der Waals surface area contributed by atoms with E-state index in [2.05, 4.69) is 12.0 Å². The van der Waals surface area contributed by atoms with E-state index >= 15 is 0 Å². The minimum absolute atomic E-state index is 0.112. The topological polar surface area (TPSA) is 38.1 Å². The Morgan fingerprint density at radius 1 is 1.35 bits per heavy atom. The van der Waals surface area contributed by atoms with Crippen molar-refractivity contribution in [3.63, 3.8) is 0 Å². The lowest BCUT2D eigenvalue weighted by Crippen LogP contribution is -2.25. The minimum atomic E-state index is 0.112. The smallest absolute Gasteiger partial charge is 0.155 e. The molecule has 0 fully saturated rings. The second kappa shape index (κ2) is 5.67. The van der Waals surface area contributed by atoms with Gasteiger partial charge in [0, 0.05) is 19.1 Å². The molecule has 0 spiro atoms. The van der Waals surface area contributed by atoms with Crippen LogP contribution in [-0.2, 0) is 7.05 Å². The Morgan fingerprint density at radius 3 is 2.50 bits per heavy atom. The van der Waals surface area contributed by atoms with Gasteiger partial charge in [-0.25, -0.2) is 0 Å². The maximum Gasteiger partial charge on any atom is 0.155 e. The number of aromatic nitrogens is 2. The molecule has 20 heavy (non-hydrogen) atoms. The zero-order valence-electron chi connectivity index (χ0n) is 12.1. The number of hydrogen-bond donors (Lipinski definition) is 0. The van der Waals surface area contributed by atoms with Crippen LogP contribution in [0.4, 0.5) is 5.82 Å². The summed E-state index contributed by atoms with van der Waals surface area (Å²) in [5.74, 6) is 0.819. The Bertz CT molecular complexity index is 619. The van der Waals surface area contributed by atoms with Crippen molar-refractivity contribution in [1.82, 2.24) is 9.78 Å². The molecule has 0 aliphatic heterocycles. The van der Waals surface area contributed by atoms with E-state index in [1.165, 1.54) is 0 Å². The number of carbonyl (C=O) groups excluding carboxylic acids is 1. The lowest BCUT2D eigenvalue weighted by atomic mass is 10.1. The first kappa shape index (κ1) is 14.6. The first-order chi connectivity index (χ1) is 9.45. The molecule has 4 nitrogen and oxygen atoms in total. The molecule has 0 saturated heterocycles. The van der Waals surface area contributed by atoms with Crippen LogP contribution in [0.5, 0.6) is 0 Å². The molecular weight excluding hydrogens is 274 g/mol. The summed E-state index contributed by atoms with van der Waals surface area (Å²) in [6.45, 7) is 3.92. The Morgan fingerprint density at radius 2 is 1.95 bits per heavy atom. The van der Waals surface area contributed by atoms with Gasteiger partial charge in [-0.05, 0) is 31.5 Å². The van der Waals surface area contributed by atoms with Crippen molar-refractivity contribution in [1.29, 1.82) is 0 Å². The number of rotatable bonds is 4. The van der Waals surface area contributed by atoms with Gasteiger partial charge in [0.05, 0.1) is 17.3 Å². The monoisotopic (exact) mass is 291 g/mol. The summed E-state index contributed by atoms with van der Waals surface area (Å²) in [5, 5.41) is 5.03. The molecule has 1 aromatic carbocycles. The van der Waals surface area contributed by atoms with E-state index < -0.39 is 0 Å². The normalized spacial score (nSPS) is 12.2. The van der Waals surface area contributed by atoms with Gasteiger partial charge in [-0.15, -0.1) is 0 Å². The fourth-order valence-electron chi connectivity index (χ4n) is 2.37. The van der Waals surface area contributed by atoms with Gasteiger partial charge < -0.3 is 4.90 Å². The van der Waals surface area contributed by atoms with Crippen LogP contribution in [0, 0.1) is 6.92 Å². The molecule has 1 heterocycles. The highest BCUT2D eigenvalue weighted by molar-refractivity contribution is 6.30. The molecule has 0 aliphatic carbocycles. The third-order valence-electron chi connectivity index (χ3n) is 3.62. The predicted octanol–water partition coefficient (Wildman–Crippen LogP) is 3.39. The van der Waals surface area contributed by atoms with Crippen molar-refractivity contribution in [2.45, 2.75) is 19.9 Å². The summed E-state index contributed by atoms with van der Waals surface area (Å²) in [6.07, 6.45) is 0.864. The van der Waals surface area contributed by atoms with Crippen LogP contribution in [0.15, 0.2) is 24.3 Å². The van der Waals surface area contributed by atoms with E-state index in [1.54, 1.807) is 4.68 Å². The average molecular weight is 292 g/mol. The first-order valence-electron chi connectivity index (χ1n) is 6.42. The van der Waals surface area contributed by atoms with Crippen molar-refractivity contribution in [2.75, 3.05) is 11.9 Å². The van der Waals surface area contributed by atoms with Gasteiger partial charge in [0.15, 0.2) is 6.29 Å². The Kier molecular flexibility index (Phi) is 4.14. The summed E-state index contributed by atoms with van der Waals surface area (Å²) in [6, 6.07) is 7.84. The summed E-state index contributed by atoms with van der Waals surface area (Å²) in [7, 11) is 3.81. The molecule has 0 saturated carbocycles. The molecule has 1 aromatic heterocycles. The number of aldehydes is 1. The zero-order chi connectivity index (χ0) is 14.9. The van der Waals surface area contributed by atoms with E-state index in [1.807, 2.05) is 50.2 Å². The number of anilines is 1. The zero-order valence-corrected chi connectivity index (χ0v) is 12.8. The van der Waals surface area contributed by atoms with Crippen LogP contribution in [0.2, 0.25) is 5.02 Å². The number of hydrogen-bond acceptors (Lipinski definition) is 3. The van der Waals surface area contributed by atoms with Gasteiger partial charge in [0.2, 0.25) is 0 Å². The maximum absolute atomic E-state index is 11.3. The molecule has 1 unspecified atom stereocenters. The lowest BCUT2D eigenvalue weighted by Gasteiger charge is -2.27. The molecule has 0 bridgehead atoms.